The largest absolute Gasteiger partial charge is 0.399 e. The van der Waals surface area contributed by atoms with Gasteiger partial charge in [-0.3, -0.25) is 5.10 Å². The van der Waals surface area contributed by atoms with Crippen LogP contribution in [0.4, 0.5) is 5.69 Å². The van der Waals surface area contributed by atoms with E-state index in [1.807, 2.05) is 0 Å². The van der Waals surface area contributed by atoms with Gasteiger partial charge >= 0.3 is 0 Å². The molecule has 6 nitrogen and oxygen atoms in total. The highest BCUT2D eigenvalue weighted by molar-refractivity contribution is 7.89. The van der Waals surface area contributed by atoms with Crippen LogP contribution in [-0.2, 0) is 16.6 Å². The summed E-state index contributed by atoms with van der Waals surface area (Å²) in [5.41, 5.74) is 6.87. The van der Waals surface area contributed by atoms with Crippen LogP contribution in [0.5, 0.6) is 0 Å². The van der Waals surface area contributed by atoms with E-state index >= 15 is 0 Å². The minimum Gasteiger partial charge on any atom is -0.399 e. The second-order valence-electron chi connectivity index (χ2n) is 3.94. The Kier molecular flexibility index (Phi) is 3.35. The van der Waals surface area contributed by atoms with Crippen LogP contribution in [0.15, 0.2) is 41.6 Å². The fourth-order valence-electron chi connectivity index (χ4n) is 1.53. The normalized spacial score (nSPS) is 11.9. The van der Waals surface area contributed by atoms with Gasteiger partial charge < -0.3 is 5.73 Å². The molecule has 0 radical (unpaired) electrons. The smallest absolute Gasteiger partial charge is 0.243 e. The number of rotatable bonds is 4. The van der Waals surface area contributed by atoms with Crippen molar-refractivity contribution >= 4 is 15.7 Å². The van der Waals surface area contributed by atoms with Crippen molar-refractivity contribution in [2.24, 2.45) is 0 Å². The van der Waals surface area contributed by atoms with Gasteiger partial charge in [-0.25, -0.2) is 8.42 Å². The molecule has 7 heteroatoms. The van der Waals surface area contributed by atoms with Crippen LogP contribution in [0.3, 0.4) is 0 Å². The van der Waals surface area contributed by atoms with Crippen LogP contribution in [0.1, 0.15) is 5.56 Å². The summed E-state index contributed by atoms with van der Waals surface area (Å²) in [7, 11) is -1.97. The quantitative estimate of drug-likeness (QED) is 0.801. The third-order valence-corrected chi connectivity index (χ3v) is 4.37. The van der Waals surface area contributed by atoms with Crippen LogP contribution >= 0.6 is 0 Å². The molecule has 0 aliphatic heterocycles. The van der Waals surface area contributed by atoms with Gasteiger partial charge in [0.1, 0.15) is 0 Å². The Morgan fingerprint density at radius 2 is 2.00 bits per heavy atom. The molecule has 2 rings (SSSR count). The topological polar surface area (TPSA) is 92.1 Å². The van der Waals surface area contributed by atoms with Crippen molar-refractivity contribution < 1.29 is 8.42 Å². The summed E-state index contributed by atoms with van der Waals surface area (Å²) in [6.07, 6.45) is 3.25. The molecule has 0 amide bonds. The lowest BCUT2D eigenvalue weighted by Gasteiger charge is -2.16. The lowest BCUT2D eigenvalue weighted by Crippen LogP contribution is -2.26. The van der Waals surface area contributed by atoms with Crippen LogP contribution in [-0.4, -0.2) is 30.0 Å². The second kappa shape index (κ2) is 4.79. The number of hydrogen-bond donors (Lipinski definition) is 2. The number of nitrogens with zero attached hydrogens (tertiary/aromatic N) is 2. The van der Waals surface area contributed by atoms with Crippen LogP contribution < -0.4 is 5.73 Å². The standard InChI is InChI=1S/C11H14N4O2S/c1-15(8-9-6-13-14-7-9)18(16,17)11-4-2-10(12)3-5-11/h2-7H,8,12H2,1H3,(H,13,14). The Hall–Kier alpha value is -1.86. The molecule has 0 saturated heterocycles. The number of aromatic nitrogens is 2. The lowest BCUT2D eigenvalue weighted by atomic mass is 10.3. The minimum atomic E-state index is -3.50. The van der Waals surface area contributed by atoms with Crippen molar-refractivity contribution in [3.8, 4) is 0 Å². The van der Waals surface area contributed by atoms with Gasteiger partial charge in [0.05, 0.1) is 11.1 Å². The van der Waals surface area contributed by atoms with Crippen LogP contribution in [0.2, 0.25) is 0 Å². The van der Waals surface area contributed by atoms with Gasteiger partial charge in [0, 0.05) is 31.0 Å². The number of sulfonamides is 1. The Bertz CT molecular complexity index is 605. The van der Waals surface area contributed by atoms with E-state index in [0.29, 0.717) is 5.69 Å². The van der Waals surface area contributed by atoms with E-state index < -0.39 is 10.0 Å². The molecule has 18 heavy (non-hydrogen) atoms. The maximum Gasteiger partial charge on any atom is 0.243 e. The summed E-state index contributed by atoms with van der Waals surface area (Å²) < 4.78 is 25.7. The van der Waals surface area contributed by atoms with Crippen molar-refractivity contribution in [1.82, 2.24) is 14.5 Å². The third-order valence-electron chi connectivity index (χ3n) is 2.55. The summed E-state index contributed by atoms with van der Waals surface area (Å²) >= 11 is 0. The average Bonchev–Trinajstić information content (AvgIpc) is 2.82. The van der Waals surface area contributed by atoms with Crippen molar-refractivity contribution in [3.05, 3.63) is 42.2 Å². The predicted octanol–water partition coefficient (Wildman–Crippen LogP) is 0.813. The first-order valence-corrected chi connectivity index (χ1v) is 6.73. The number of aromatic amines is 1. The molecule has 0 fully saturated rings. The summed E-state index contributed by atoms with van der Waals surface area (Å²) in [6, 6.07) is 6.13. The monoisotopic (exact) mass is 266 g/mol. The molecule has 3 N–H and O–H groups in total. The van der Waals surface area contributed by atoms with E-state index in [1.54, 1.807) is 24.5 Å². The molecule has 0 saturated carbocycles. The zero-order chi connectivity index (χ0) is 13.2. The number of nitrogen functional groups attached to an aromatic ring is 1. The van der Waals surface area contributed by atoms with E-state index in [2.05, 4.69) is 10.2 Å². The molecular weight excluding hydrogens is 252 g/mol. The van der Waals surface area contributed by atoms with Gasteiger partial charge in [-0.15, -0.1) is 0 Å². The van der Waals surface area contributed by atoms with E-state index in [-0.39, 0.29) is 11.4 Å². The lowest BCUT2D eigenvalue weighted by molar-refractivity contribution is 0.467. The van der Waals surface area contributed by atoms with Crippen molar-refractivity contribution in [2.45, 2.75) is 11.4 Å². The van der Waals surface area contributed by atoms with Gasteiger partial charge in [0.15, 0.2) is 0 Å². The maximum atomic E-state index is 12.2. The molecule has 0 bridgehead atoms. The van der Waals surface area contributed by atoms with Gasteiger partial charge in [0.2, 0.25) is 10.0 Å². The highest BCUT2D eigenvalue weighted by atomic mass is 32.2. The van der Waals surface area contributed by atoms with E-state index in [9.17, 15) is 8.42 Å². The maximum absolute atomic E-state index is 12.2. The molecule has 0 spiro atoms. The third kappa shape index (κ3) is 2.52. The Labute approximate surface area is 105 Å². The molecule has 1 aromatic carbocycles. The van der Waals surface area contributed by atoms with Crippen molar-refractivity contribution in [2.75, 3.05) is 12.8 Å². The zero-order valence-electron chi connectivity index (χ0n) is 9.87. The highest BCUT2D eigenvalue weighted by Crippen LogP contribution is 2.17. The molecule has 1 aromatic heterocycles. The Morgan fingerprint density at radius 1 is 1.33 bits per heavy atom. The predicted molar refractivity (Wildman–Crippen MR) is 68.1 cm³/mol. The van der Waals surface area contributed by atoms with Gasteiger partial charge in [-0.2, -0.15) is 9.40 Å². The van der Waals surface area contributed by atoms with Crippen molar-refractivity contribution in [1.29, 1.82) is 0 Å². The average molecular weight is 266 g/mol. The summed E-state index contributed by atoms with van der Waals surface area (Å²) in [6.45, 7) is 0.267. The van der Waals surface area contributed by atoms with Gasteiger partial charge in [0.25, 0.3) is 0 Å². The molecule has 0 atom stereocenters. The van der Waals surface area contributed by atoms with Crippen LogP contribution in [0, 0.1) is 0 Å². The van der Waals surface area contributed by atoms with E-state index in [0.717, 1.165) is 5.56 Å². The highest BCUT2D eigenvalue weighted by Gasteiger charge is 2.20. The number of H-pyrrole nitrogens is 1. The number of nitrogens with two attached hydrogens (primary N) is 1. The van der Waals surface area contributed by atoms with Crippen molar-refractivity contribution in [3.63, 3.8) is 0 Å². The number of hydrogen-bond acceptors (Lipinski definition) is 4. The Balaban J connectivity index is 2.22. The molecule has 2 aromatic rings. The van der Waals surface area contributed by atoms with Gasteiger partial charge in [-0.05, 0) is 24.3 Å². The minimum absolute atomic E-state index is 0.225. The van der Waals surface area contributed by atoms with E-state index in [4.69, 9.17) is 5.73 Å². The number of benzene rings is 1. The van der Waals surface area contributed by atoms with Gasteiger partial charge in [-0.1, -0.05) is 0 Å². The SMILES string of the molecule is CN(Cc1cn[nH]c1)S(=O)(=O)c1ccc(N)cc1. The summed E-state index contributed by atoms with van der Waals surface area (Å²) in [4.78, 5) is 0.225. The first-order valence-electron chi connectivity index (χ1n) is 5.29. The molecule has 0 aliphatic rings. The zero-order valence-corrected chi connectivity index (χ0v) is 10.7. The Morgan fingerprint density at radius 3 is 2.56 bits per heavy atom. The number of nitrogens with one attached hydrogen (secondary N) is 1. The summed E-state index contributed by atoms with van der Waals surface area (Å²) in [5, 5.41) is 6.42. The van der Waals surface area contributed by atoms with Crippen LogP contribution in [0.25, 0.3) is 0 Å². The number of anilines is 1. The molecule has 0 unspecified atom stereocenters. The molecule has 0 aliphatic carbocycles. The summed E-state index contributed by atoms with van der Waals surface area (Å²) in [5.74, 6) is 0. The molecular formula is C11H14N4O2S. The molecule has 1 heterocycles. The fraction of sp³-hybridized carbons (Fsp3) is 0.182. The molecule has 96 valence electrons. The fourth-order valence-corrected chi connectivity index (χ4v) is 2.68. The second-order valence-corrected chi connectivity index (χ2v) is 5.98. The van der Waals surface area contributed by atoms with E-state index in [1.165, 1.54) is 23.5 Å². The first kappa shape index (κ1) is 12.6. The first-order chi connectivity index (χ1) is 8.50.